The highest BCUT2D eigenvalue weighted by atomic mass is 19.4. The van der Waals surface area contributed by atoms with Crippen molar-refractivity contribution in [3.05, 3.63) is 76.4 Å². The van der Waals surface area contributed by atoms with Gasteiger partial charge in [-0.25, -0.2) is 14.0 Å². The van der Waals surface area contributed by atoms with Gasteiger partial charge in [0.1, 0.15) is 11.6 Å². The molecule has 1 amide bonds. The second kappa shape index (κ2) is 12.0. The molecule has 0 bridgehead atoms. The number of halogens is 4. The highest BCUT2D eigenvalue weighted by Gasteiger charge is 2.38. The zero-order valence-corrected chi connectivity index (χ0v) is 19.9. The van der Waals surface area contributed by atoms with Gasteiger partial charge in [-0.3, -0.25) is 4.79 Å². The lowest BCUT2D eigenvalue weighted by molar-refractivity contribution is -0.192. The number of aryl methyl sites for hydroxylation is 2. The molecule has 198 valence electrons. The number of carbonyl (C=O) groups is 3. The Kier molecular flexibility index (Phi) is 9.36. The molecule has 37 heavy (non-hydrogen) atoms. The van der Waals surface area contributed by atoms with Gasteiger partial charge in [0.25, 0.3) is 5.91 Å². The minimum Gasteiger partial charge on any atom is -0.478 e. The summed E-state index contributed by atoms with van der Waals surface area (Å²) in [5.74, 6) is -4.44. The van der Waals surface area contributed by atoms with E-state index in [1.165, 1.54) is 24.3 Å². The van der Waals surface area contributed by atoms with E-state index in [-0.39, 0.29) is 16.8 Å². The number of hydrogen-bond donors (Lipinski definition) is 3. The van der Waals surface area contributed by atoms with Gasteiger partial charge in [-0.15, -0.1) is 0 Å². The maximum absolute atomic E-state index is 13.8. The lowest BCUT2D eigenvalue weighted by Gasteiger charge is -2.22. The Labute approximate surface area is 208 Å². The molecule has 0 atom stereocenters. The molecule has 0 unspecified atom stereocenters. The Balaban J connectivity index is 0.000000604. The fraction of sp³-hybridized carbons (Fsp3) is 0.250. The minimum absolute atomic E-state index is 0.0302. The molecule has 3 rings (SSSR count). The van der Waals surface area contributed by atoms with Crippen LogP contribution in [0.3, 0.4) is 0 Å². The summed E-state index contributed by atoms with van der Waals surface area (Å²) in [6.07, 6.45) is -4.44. The number of likely N-dealkylation sites (N-methyl/N-ethyl adjacent to an activating group) is 1. The number of carboxylic acid groups (broad SMARTS) is 2. The molecular weight excluding hydrogens is 502 g/mol. The van der Waals surface area contributed by atoms with Crippen molar-refractivity contribution in [3.8, 4) is 0 Å². The normalized spacial score (nSPS) is 10.8. The van der Waals surface area contributed by atoms with Crippen LogP contribution < -0.4 is 10.2 Å². The topological polar surface area (TPSA) is 133 Å². The Morgan fingerprint density at radius 1 is 1.05 bits per heavy atom. The van der Waals surface area contributed by atoms with Crippen molar-refractivity contribution in [2.24, 2.45) is 0 Å². The van der Waals surface area contributed by atoms with E-state index in [0.29, 0.717) is 18.7 Å². The minimum atomic E-state index is -5.08. The molecule has 3 N–H and O–H groups in total. The van der Waals surface area contributed by atoms with Crippen molar-refractivity contribution in [1.29, 1.82) is 0 Å². The van der Waals surface area contributed by atoms with Crippen LogP contribution in [0.4, 0.5) is 28.9 Å². The molecule has 0 spiro atoms. The first kappa shape index (κ1) is 28.8. The Morgan fingerprint density at radius 3 is 2.19 bits per heavy atom. The molecule has 2 aromatic carbocycles. The molecule has 0 radical (unpaired) electrons. The summed E-state index contributed by atoms with van der Waals surface area (Å²) in [6, 6.07) is 10.2. The van der Waals surface area contributed by atoms with Crippen LogP contribution in [0.25, 0.3) is 0 Å². The van der Waals surface area contributed by atoms with E-state index in [4.69, 9.17) is 14.4 Å². The predicted octanol–water partition coefficient (Wildman–Crippen LogP) is 4.69. The van der Waals surface area contributed by atoms with Crippen LogP contribution in [0.1, 0.15) is 37.7 Å². The summed E-state index contributed by atoms with van der Waals surface area (Å²) >= 11 is 0. The number of carbonyl (C=O) groups excluding carboxylic acids is 1. The first-order valence-electron chi connectivity index (χ1n) is 10.6. The van der Waals surface area contributed by atoms with Crippen LogP contribution in [-0.4, -0.2) is 53.0 Å². The average Bonchev–Trinajstić information content (AvgIpc) is 3.14. The smallest absolute Gasteiger partial charge is 0.478 e. The largest absolute Gasteiger partial charge is 0.490 e. The number of aromatic carboxylic acids is 1. The second-order valence-corrected chi connectivity index (χ2v) is 7.75. The van der Waals surface area contributed by atoms with Gasteiger partial charge in [0, 0.05) is 24.8 Å². The van der Waals surface area contributed by atoms with Crippen molar-refractivity contribution < 1.29 is 46.7 Å². The molecule has 0 aliphatic carbocycles. The zero-order chi connectivity index (χ0) is 27.9. The quantitative estimate of drug-likeness (QED) is 0.379. The molecule has 0 fully saturated rings. The molecule has 1 heterocycles. The van der Waals surface area contributed by atoms with Crippen LogP contribution in [0, 0.1) is 19.7 Å². The summed E-state index contributed by atoms with van der Waals surface area (Å²) in [5, 5.41) is 23.3. The van der Waals surface area contributed by atoms with E-state index in [1.54, 1.807) is 25.2 Å². The van der Waals surface area contributed by atoms with Gasteiger partial charge < -0.3 is 25.0 Å². The first-order chi connectivity index (χ1) is 17.2. The summed E-state index contributed by atoms with van der Waals surface area (Å²) in [5.41, 5.74) is 2.48. The van der Waals surface area contributed by atoms with E-state index < -0.39 is 29.8 Å². The van der Waals surface area contributed by atoms with Crippen LogP contribution in [0.2, 0.25) is 0 Å². The van der Waals surface area contributed by atoms with E-state index in [9.17, 15) is 32.3 Å². The highest BCUT2D eigenvalue weighted by molar-refractivity contribution is 6.05. The lowest BCUT2D eigenvalue weighted by atomic mass is 10.1. The number of amides is 1. The number of nitrogens with one attached hydrogen (secondary N) is 1. The maximum Gasteiger partial charge on any atom is 0.490 e. The van der Waals surface area contributed by atoms with Crippen LogP contribution >= 0.6 is 0 Å². The third-order valence-corrected chi connectivity index (χ3v) is 5.14. The van der Waals surface area contributed by atoms with Gasteiger partial charge in [0.05, 0.1) is 22.5 Å². The van der Waals surface area contributed by atoms with Crippen LogP contribution in [0.5, 0.6) is 0 Å². The fourth-order valence-corrected chi connectivity index (χ4v) is 3.22. The third kappa shape index (κ3) is 7.78. The first-order valence-corrected chi connectivity index (χ1v) is 10.6. The molecule has 3 aromatic rings. The van der Waals surface area contributed by atoms with Gasteiger partial charge in [-0.2, -0.15) is 13.2 Å². The number of benzene rings is 2. The summed E-state index contributed by atoms with van der Waals surface area (Å²) < 4.78 is 50.7. The second-order valence-electron chi connectivity index (χ2n) is 7.75. The number of anilines is 2. The van der Waals surface area contributed by atoms with E-state index in [0.717, 1.165) is 17.0 Å². The number of aromatic nitrogens is 1. The third-order valence-electron chi connectivity index (χ3n) is 5.14. The number of alkyl halides is 3. The Bertz CT molecular complexity index is 1270. The van der Waals surface area contributed by atoms with Gasteiger partial charge >= 0.3 is 18.1 Å². The zero-order valence-electron chi connectivity index (χ0n) is 19.9. The SMILES string of the molecule is Cc1noc(C)c1CCN(C)c1ccc(NC(=O)c2ccccc2F)cc1C(=O)O.O=C(O)C(F)(F)F. The highest BCUT2D eigenvalue weighted by Crippen LogP contribution is 2.25. The monoisotopic (exact) mass is 525 g/mol. The maximum atomic E-state index is 13.8. The van der Waals surface area contributed by atoms with Gasteiger partial charge in [0.15, 0.2) is 0 Å². The number of hydrogen-bond acceptors (Lipinski definition) is 6. The van der Waals surface area contributed by atoms with Gasteiger partial charge in [-0.1, -0.05) is 17.3 Å². The molecule has 9 nitrogen and oxygen atoms in total. The lowest BCUT2D eigenvalue weighted by Crippen LogP contribution is -2.23. The summed E-state index contributed by atoms with van der Waals surface area (Å²) in [4.78, 5) is 34.8. The van der Waals surface area contributed by atoms with Crippen molar-refractivity contribution in [3.63, 3.8) is 0 Å². The summed E-state index contributed by atoms with van der Waals surface area (Å²) in [7, 11) is 1.79. The number of carboxylic acids is 2. The number of rotatable bonds is 7. The molecule has 0 aliphatic rings. The van der Waals surface area contributed by atoms with E-state index in [2.05, 4.69) is 10.5 Å². The average molecular weight is 525 g/mol. The molecular formula is C24H23F4N3O6. The molecule has 1 aromatic heterocycles. The van der Waals surface area contributed by atoms with Crippen LogP contribution in [-0.2, 0) is 11.2 Å². The Hall–Kier alpha value is -4.42. The van der Waals surface area contributed by atoms with Crippen molar-refractivity contribution in [2.75, 3.05) is 23.8 Å². The van der Waals surface area contributed by atoms with E-state index in [1.807, 2.05) is 18.7 Å². The Morgan fingerprint density at radius 2 is 1.68 bits per heavy atom. The molecule has 0 saturated heterocycles. The van der Waals surface area contributed by atoms with Crippen LogP contribution in [0.15, 0.2) is 47.0 Å². The molecule has 0 aliphatic heterocycles. The predicted molar refractivity (Wildman–Crippen MR) is 124 cm³/mol. The molecule has 0 saturated carbocycles. The molecule has 13 heteroatoms. The standard InChI is InChI=1S/C22H22FN3O4.C2HF3O2/c1-13-16(14(2)30-25-13)10-11-26(3)20-9-8-15(12-18(20)22(28)29)24-21(27)17-6-4-5-7-19(17)23;3-2(4,5)1(6)7/h4-9,12H,10-11H2,1-3H3,(H,24,27)(H,28,29);(H,6,7). The number of aliphatic carboxylic acids is 1. The fourth-order valence-electron chi connectivity index (χ4n) is 3.22. The number of nitrogens with zero attached hydrogens (tertiary/aromatic N) is 2. The van der Waals surface area contributed by atoms with Crippen molar-refractivity contribution in [1.82, 2.24) is 5.16 Å². The van der Waals surface area contributed by atoms with Gasteiger partial charge in [-0.05, 0) is 50.6 Å². The van der Waals surface area contributed by atoms with Crippen molar-refractivity contribution >= 4 is 29.2 Å². The summed E-state index contributed by atoms with van der Waals surface area (Å²) in [6.45, 7) is 4.25. The van der Waals surface area contributed by atoms with Gasteiger partial charge in [0.2, 0.25) is 0 Å². The van der Waals surface area contributed by atoms with E-state index >= 15 is 0 Å². The van der Waals surface area contributed by atoms with Crippen molar-refractivity contribution in [2.45, 2.75) is 26.4 Å².